The fraction of sp³-hybridized carbons (Fsp3) is 0.680. The average molecular weight is 410 g/mol. The smallest absolute Gasteiger partial charge is 0.317 e. The third-order valence-corrected chi connectivity index (χ3v) is 8.37. The zero-order valence-electron chi connectivity index (χ0n) is 17.9. The van der Waals surface area contributed by atoms with Crippen LogP contribution in [0.25, 0.3) is 0 Å². The number of carbonyl (C=O) groups is 2. The Hall–Kier alpha value is -2.04. The molecular weight excluding hydrogens is 374 g/mol. The molecule has 1 aromatic rings. The molecule has 162 valence electrons. The van der Waals surface area contributed by atoms with Gasteiger partial charge in [0, 0.05) is 31.6 Å². The Kier molecular flexibility index (Phi) is 5.70. The second-order valence-corrected chi connectivity index (χ2v) is 10.2. The summed E-state index contributed by atoms with van der Waals surface area (Å²) in [5.74, 6) is 3.79. The summed E-state index contributed by atoms with van der Waals surface area (Å²) in [6.07, 6.45) is 9.60. The van der Waals surface area contributed by atoms with Crippen LogP contribution in [0.4, 0.5) is 4.79 Å². The van der Waals surface area contributed by atoms with E-state index in [4.69, 9.17) is 0 Å². The summed E-state index contributed by atoms with van der Waals surface area (Å²) in [7, 11) is 0. The first-order valence-corrected chi connectivity index (χ1v) is 12.0. The number of benzene rings is 1. The van der Waals surface area contributed by atoms with Crippen molar-refractivity contribution in [3.05, 3.63) is 35.9 Å². The molecule has 5 heteroatoms. The minimum Gasteiger partial charge on any atom is -0.353 e. The van der Waals surface area contributed by atoms with Crippen LogP contribution in [-0.4, -0.2) is 36.0 Å². The summed E-state index contributed by atoms with van der Waals surface area (Å²) in [5, 5.41) is 6.46. The van der Waals surface area contributed by atoms with Crippen molar-refractivity contribution < 1.29 is 9.59 Å². The van der Waals surface area contributed by atoms with Crippen LogP contribution in [0, 0.1) is 29.6 Å². The minimum atomic E-state index is -0.0195. The number of fused-ring (bicyclic) bond motifs is 2. The first kappa shape index (κ1) is 19.9. The van der Waals surface area contributed by atoms with Gasteiger partial charge in [0.1, 0.15) is 0 Å². The van der Waals surface area contributed by atoms with Gasteiger partial charge in [0.2, 0.25) is 5.91 Å². The largest absolute Gasteiger partial charge is 0.353 e. The zero-order valence-corrected chi connectivity index (χ0v) is 17.9. The van der Waals surface area contributed by atoms with Crippen molar-refractivity contribution in [2.24, 2.45) is 29.6 Å². The van der Waals surface area contributed by atoms with Crippen LogP contribution < -0.4 is 10.6 Å². The van der Waals surface area contributed by atoms with Gasteiger partial charge in [-0.15, -0.1) is 0 Å². The van der Waals surface area contributed by atoms with E-state index < -0.39 is 0 Å². The van der Waals surface area contributed by atoms with Gasteiger partial charge < -0.3 is 15.5 Å². The first-order valence-electron chi connectivity index (χ1n) is 12.0. The Morgan fingerprint density at radius 3 is 2.40 bits per heavy atom. The Morgan fingerprint density at radius 1 is 0.867 bits per heavy atom. The molecule has 2 N–H and O–H groups in total. The molecule has 1 saturated heterocycles. The molecule has 5 atom stereocenters. The topological polar surface area (TPSA) is 61.4 Å². The standard InChI is InChI=1S/C25H35N3O2/c29-24(27-23-7-6-20-12-18-13-21(20)15-22(23)14-18)19-8-10-28(11-9-19)25(30)26-16-17-4-2-1-3-5-17/h1-5,18-23H,6-16H2,(H,26,30)(H,27,29)/t18?,20-,21-,22?,23?/m1/s1. The van der Waals surface area contributed by atoms with Gasteiger partial charge in [-0.25, -0.2) is 4.79 Å². The van der Waals surface area contributed by atoms with Gasteiger partial charge >= 0.3 is 6.03 Å². The maximum atomic E-state index is 13.0. The number of carbonyl (C=O) groups excluding carboxylic acids is 2. The summed E-state index contributed by atoms with van der Waals surface area (Å²) in [5.41, 5.74) is 1.10. The molecule has 1 aromatic carbocycles. The van der Waals surface area contributed by atoms with E-state index in [2.05, 4.69) is 10.6 Å². The Balaban J connectivity index is 1.08. The van der Waals surface area contributed by atoms with Gasteiger partial charge in [-0.1, -0.05) is 30.3 Å². The van der Waals surface area contributed by atoms with E-state index in [9.17, 15) is 9.59 Å². The summed E-state index contributed by atoms with van der Waals surface area (Å²) < 4.78 is 0. The number of piperidine rings is 1. The first-order chi connectivity index (χ1) is 14.7. The number of likely N-dealkylation sites (tertiary alicyclic amines) is 1. The van der Waals surface area contributed by atoms with Crippen molar-refractivity contribution in [2.75, 3.05) is 13.1 Å². The van der Waals surface area contributed by atoms with Crippen molar-refractivity contribution in [2.45, 2.75) is 64.0 Å². The molecule has 3 amide bonds. The molecule has 3 bridgehead atoms. The molecule has 5 nitrogen and oxygen atoms in total. The Labute approximate surface area is 180 Å². The molecule has 3 unspecified atom stereocenters. The predicted molar refractivity (Wildman–Crippen MR) is 117 cm³/mol. The Bertz CT molecular complexity index is 759. The molecular formula is C25H35N3O2. The molecule has 0 aromatic heterocycles. The lowest BCUT2D eigenvalue weighted by Gasteiger charge is -2.35. The van der Waals surface area contributed by atoms with Gasteiger partial charge in [0.25, 0.3) is 0 Å². The van der Waals surface area contributed by atoms with Crippen LogP contribution in [0.3, 0.4) is 0 Å². The van der Waals surface area contributed by atoms with Crippen LogP contribution in [0.2, 0.25) is 0 Å². The number of amides is 3. The van der Waals surface area contributed by atoms with Crippen molar-refractivity contribution in [3.8, 4) is 0 Å². The van der Waals surface area contributed by atoms with E-state index in [1.54, 1.807) is 0 Å². The third kappa shape index (κ3) is 4.21. The number of hydrogen-bond donors (Lipinski definition) is 2. The minimum absolute atomic E-state index is 0.0195. The van der Waals surface area contributed by atoms with Crippen LogP contribution in [0.5, 0.6) is 0 Å². The Morgan fingerprint density at radius 2 is 1.60 bits per heavy atom. The molecule has 30 heavy (non-hydrogen) atoms. The molecule has 3 aliphatic carbocycles. The van der Waals surface area contributed by atoms with E-state index in [1.165, 1.54) is 38.5 Å². The third-order valence-electron chi connectivity index (χ3n) is 8.37. The lowest BCUT2D eigenvalue weighted by atomic mass is 9.77. The summed E-state index contributed by atoms with van der Waals surface area (Å²) in [6, 6.07) is 10.3. The fourth-order valence-electron chi connectivity index (χ4n) is 6.76. The van der Waals surface area contributed by atoms with Gasteiger partial charge in [0.05, 0.1) is 0 Å². The summed E-state index contributed by atoms with van der Waals surface area (Å²) in [6.45, 7) is 1.88. The van der Waals surface area contributed by atoms with E-state index in [0.717, 1.165) is 36.2 Å². The van der Waals surface area contributed by atoms with E-state index in [1.807, 2.05) is 35.2 Å². The number of rotatable bonds is 4. The van der Waals surface area contributed by atoms with Crippen LogP contribution in [0.1, 0.15) is 56.9 Å². The van der Waals surface area contributed by atoms with Crippen molar-refractivity contribution in [1.29, 1.82) is 0 Å². The number of nitrogens with zero attached hydrogens (tertiary/aromatic N) is 1. The summed E-state index contributed by atoms with van der Waals surface area (Å²) in [4.78, 5) is 27.3. The molecule has 5 rings (SSSR count). The average Bonchev–Trinajstić information content (AvgIpc) is 3.01. The van der Waals surface area contributed by atoms with Gasteiger partial charge in [-0.2, -0.15) is 0 Å². The highest BCUT2D eigenvalue weighted by atomic mass is 16.2. The van der Waals surface area contributed by atoms with E-state index in [0.29, 0.717) is 31.6 Å². The molecule has 0 spiro atoms. The monoisotopic (exact) mass is 409 g/mol. The maximum absolute atomic E-state index is 13.0. The quantitative estimate of drug-likeness (QED) is 0.791. The number of hydrogen-bond acceptors (Lipinski definition) is 2. The highest BCUT2D eigenvalue weighted by Gasteiger charge is 2.46. The van der Waals surface area contributed by atoms with Crippen molar-refractivity contribution in [1.82, 2.24) is 15.5 Å². The van der Waals surface area contributed by atoms with E-state index >= 15 is 0 Å². The fourth-order valence-corrected chi connectivity index (χ4v) is 6.76. The lowest BCUT2D eigenvalue weighted by molar-refractivity contribution is -0.127. The van der Waals surface area contributed by atoms with E-state index in [-0.39, 0.29) is 17.9 Å². The van der Waals surface area contributed by atoms with Crippen molar-refractivity contribution in [3.63, 3.8) is 0 Å². The summed E-state index contributed by atoms with van der Waals surface area (Å²) >= 11 is 0. The highest BCUT2D eigenvalue weighted by Crippen LogP contribution is 2.53. The maximum Gasteiger partial charge on any atom is 0.317 e. The number of nitrogens with one attached hydrogen (secondary N) is 2. The second-order valence-electron chi connectivity index (χ2n) is 10.2. The lowest BCUT2D eigenvalue weighted by Crippen LogP contribution is -2.49. The molecule has 0 radical (unpaired) electrons. The van der Waals surface area contributed by atoms with Gasteiger partial charge in [-0.3, -0.25) is 4.79 Å². The molecule has 1 heterocycles. The SMILES string of the molecule is O=C(NC1CC[C@@H]2CC3CC1C[C@H]2C3)C1CCN(C(=O)NCc2ccccc2)CC1. The van der Waals surface area contributed by atoms with Crippen LogP contribution in [0.15, 0.2) is 30.3 Å². The molecule has 1 aliphatic heterocycles. The van der Waals surface area contributed by atoms with Crippen LogP contribution >= 0.6 is 0 Å². The van der Waals surface area contributed by atoms with Gasteiger partial charge in [-0.05, 0) is 80.6 Å². The zero-order chi connectivity index (χ0) is 20.5. The van der Waals surface area contributed by atoms with Gasteiger partial charge in [0.15, 0.2) is 0 Å². The molecule has 4 fully saturated rings. The van der Waals surface area contributed by atoms with Crippen LogP contribution in [-0.2, 0) is 11.3 Å². The molecule has 4 aliphatic rings. The molecule has 3 saturated carbocycles. The second kappa shape index (κ2) is 8.60. The normalized spacial score (nSPS) is 33.2. The predicted octanol–water partition coefficient (Wildman–Crippen LogP) is 3.94. The number of urea groups is 1. The van der Waals surface area contributed by atoms with Crippen molar-refractivity contribution >= 4 is 11.9 Å². The highest BCUT2D eigenvalue weighted by molar-refractivity contribution is 5.80.